The zero-order chi connectivity index (χ0) is 25.2. The van der Waals surface area contributed by atoms with Gasteiger partial charge in [0.05, 0.1) is 12.1 Å². The first-order chi connectivity index (χ1) is 16.7. The second-order valence-corrected chi connectivity index (χ2v) is 9.20. The molecule has 1 saturated heterocycles. The van der Waals surface area contributed by atoms with Gasteiger partial charge in [-0.1, -0.05) is 30.3 Å². The molecular weight excluding hydrogens is 453 g/mol. The van der Waals surface area contributed by atoms with Gasteiger partial charge in [0.2, 0.25) is 0 Å². The van der Waals surface area contributed by atoms with E-state index in [2.05, 4.69) is 10.6 Å². The summed E-state index contributed by atoms with van der Waals surface area (Å²) in [6, 6.07) is 13.0. The van der Waals surface area contributed by atoms with E-state index in [9.17, 15) is 14.4 Å². The van der Waals surface area contributed by atoms with Gasteiger partial charge < -0.3 is 25.4 Å². The first kappa shape index (κ1) is 24.5. The van der Waals surface area contributed by atoms with Gasteiger partial charge in [-0.05, 0) is 37.5 Å². The third-order valence-corrected chi connectivity index (χ3v) is 6.77. The number of likely N-dealkylation sites (tertiary alicyclic amines) is 1. The van der Waals surface area contributed by atoms with E-state index in [1.807, 2.05) is 37.3 Å². The van der Waals surface area contributed by atoms with Gasteiger partial charge in [0.15, 0.2) is 0 Å². The normalized spacial score (nSPS) is 23.2. The molecule has 0 radical (unpaired) electrons. The van der Waals surface area contributed by atoms with Crippen LogP contribution in [0.5, 0.6) is 5.75 Å². The summed E-state index contributed by atoms with van der Waals surface area (Å²) in [4.78, 5) is 37.9. The van der Waals surface area contributed by atoms with E-state index in [1.54, 1.807) is 6.07 Å². The SMILES string of the molecule is CNC(=O)c1cc(C(=O)NCC[C@]2(F)CCCN(C(=O)O)C2)cc2c1O[C@H](C)[C@H]2c1ccccc1. The van der Waals surface area contributed by atoms with Crippen molar-refractivity contribution in [1.82, 2.24) is 15.5 Å². The number of ether oxygens (including phenoxy) is 1. The Morgan fingerprint density at radius 1 is 1.20 bits per heavy atom. The van der Waals surface area contributed by atoms with Gasteiger partial charge in [0, 0.05) is 43.6 Å². The van der Waals surface area contributed by atoms with Crippen molar-refractivity contribution in [3.05, 3.63) is 64.7 Å². The number of nitrogens with zero attached hydrogens (tertiary/aromatic N) is 1. The topological polar surface area (TPSA) is 108 Å². The minimum Gasteiger partial charge on any atom is -0.489 e. The third-order valence-electron chi connectivity index (χ3n) is 6.77. The van der Waals surface area contributed by atoms with Crippen LogP contribution in [0.1, 0.15) is 63.9 Å². The molecule has 186 valence electrons. The molecule has 0 spiro atoms. The van der Waals surface area contributed by atoms with Gasteiger partial charge in [0.25, 0.3) is 11.8 Å². The highest BCUT2D eigenvalue weighted by Crippen LogP contribution is 2.44. The lowest BCUT2D eigenvalue weighted by Gasteiger charge is -2.35. The molecule has 0 unspecified atom stereocenters. The second-order valence-electron chi connectivity index (χ2n) is 9.20. The average molecular weight is 484 g/mol. The number of alkyl halides is 1. The Bertz CT molecular complexity index is 1130. The van der Waals surface area contributed by atoms with Crippen molar-refractivity contribution in [2.24, 2.45) is 0 Å². The number of hydrogen-bond donors (Lipinski definition) is 3. The first-order valence-corrected chi connectivity index (χ1v) is 11.8. The molecule has 1 fully saturated rings. The summed E-state index contributed by atoms with van der Waals surface area (Å²) >= 11 is 0. The molecule has 0 aliphatic carbocycles. The highest BCUT2D eigenvalue weighted by molar-refractivity contribution is 6.02. The number of amides is 3. The molecule has 8 nitrogen and oxygen atoms in total. The molecule has 3 N–H and O–H groups in total. The van der Waals surface area contributed by atoms with E-state index in [-0.39, 0.29) is 55.0 Å². The summed E-state index contributed by atoms with van der Waals surface area (Å²) in [6.45, 7) is 2.08. The lowest BCUT2D eigenvalue weighted by molar-refractivity contribution is 0.0391. The fraction of sp³-hybridized carbons (Fsp3) is 0.423. The van der Waals surface area contributed by atoms with Gasteiger partial charge in [-0.2, -0.15) is 0 Å². The summed E-state index contributed by atoms with van der Waals surface area (Å²) < 4.78 is 21.3. The number of benzene rings is 2. The van der Waals surface area contributed by atoms with E-state index < -0.39 is 17.7 Å². The van der Waals surface area contributed by atoms with Crippen molar-refractivity contribution >= 4 is 17.9 Å². The standard InChI is InChI=1S/C26H30FN3O5/c1-16-21(17-7-4-3-5-8-17)19-13-18(14-20(22(19)35-16)24(32)28-2)23(31)29-11-10-26(27)9-6-12-30(15-26)25(33)34/h3-5,7-8,13-14,16,21H,6,9-12,15H2,1-2H3,(H,28,32)(H,29,31)(H,33,34)/t16-,21+,26-/m1/s1. The molecule has 2 aromatic rings. The van der Waals surface area contributed by atoms with Gasteiger partial charge >= 0.3 is 6.09 Å². The molecule has 3 atom stereocenters. The van der Waals surface area contributed by atoms with Crippen molar-refractivity contribution in [2.45, 2.75) is 43.9 Å². The first-order valence-electron chi connectivity index (χ1n) is 11.8. The van der Waals surface area contributed by atoms with E-state index in [4.69, 9.17) is 9.84 Å². The Morgan fingerprint density at radius 3 is 2.63 bits per heavy atom. The van der Waals surface area contributed by atoms with Crippen molar-refractivity contribution in [3.8, 4) is 5.75 Å². The quantitative estimate of drug-likeness (QED) is 0.582. The summed E-state index contributed by atoms with van der Waals surface area (Å²) in [6.07, 6.45) is -0.678. The molecule has 2 heterocycles. The molecule has 0 aromatic heterocycles. The molecule has 2 aliphatic rings. The van der Waals surface area contributed by atoms with Crippen LogP contribution in [0.2, 0.25) is 0 Å². The van der Waals surface area contributed by atoms with Crippen LogP contribution in [0.25, 0.3) is 0 Å². The summed E-state index contributed by atoms with van der Waals surface area (Å²) in [5.41, 5.74) is 0.633. The number of nitrogens with one attached hydrogen (secondary N) is 2. The van der Waals surface area contributed by atoms with Crippen LogP contribution in [0.4, 0.5) is 9.18 Å². The predicted octanol–water partition coefficient (Wildman–Crippen LogP) is 3.56. The Labute approximate surface area is 203 Å². The second kappa shape index (κ2) is 9.93. The smallest absolute Gasteiger partial charge is 0.407 e. The fourth-order valence-electron chi connectivity index (χ4n) is 5.02. The van der Waals surface area contributed by atoms with Gasteiger partial charge in [0.1, 0.15) is 17.5 Å². The minimum atomic E-state index is -1.68. The fourth-order valence-corrected chi connectivity index (χ4v) is 5.02. The Hall–Kier alpha value is -3.62. The van der Waals surface area contributed by atoms with Gasteiger partial charge in [-0.15, -0.1) is 0 Å². The summed E-state index contributed by atoms with van der Waals surface area (Å²) in [7, 11) is 1.51. The van der Waals surface area contributed by atoms with E-state index >= 15 is 4.39 Å². The van der Waals surface area contributed by atoms with Crippen molar-refractivity contribution < 1.29 is 28.6 Å². The number of hydrogen-bond acceptors (Lipinski definition) is 4. The van der Waals surface area contributed by atoms with Crippen LogP contribution >= 0.6 is 0 Å². The molecule has 9 heteroatoms. The molecule has 4 rings (SSSR count). The Kier molecular flexibility index (Phi) is 6.95. The number of fused-ring (bicyclic) bond motifs is 1. The zero-order valence-electron chi connectivity index (χ0n) is 19.8. The largest absolute Gasteiger partial charge is 0.489 e. The number of carbonyl (C=O) groups is 3. The molecule has 35 heavy (non-hydrogen) atoms. The average Bonchev–Trinajstić information content (AvgIpc) is 3.18. The number of halogens is 1. The highest BCUT2D eigenvalue weighted by atomic mass is 19.1. The number of carboxylic acid groups (broad SMARTS) is 1. The van der Waals surface area contributed by atoms with Gasteiger partial charge in [-0.25, -0.2) is 9.18 Å². The molecular formula is C26H30FN3O5. The van der Waals surface area contributed by atoms with E-state index in [0.717, 1.165) is 16.0 Å². The van der Waals surface area contributed by atoms with Crippen molar-refractivity contribution in [3.63, 3.8) is 0 Å². The predicted molar refractivity (Wildman–Crippen MR) is 128 cm³/mol. The number of carbonyl (C=O) groups excluding carboxylic acids is 2. The monoisotopic (exact) mass is 483 g/mol. The van der Waals surface area contributed by atoms with Crippen LogP contribution < -0.4 is 15.4 Å². The van der Waals surface area contributed by atoms with E-state index in [0.29, 0.717) is 18.7 Å². The maximum Gasteiger partial charge on any atom is 0.407 e. The van der Waals surface area contributed by atoms with Gasteiger partial charge in [-0.3, -0.25) is 9.59 Å². The molecule has 2 aliphatic heterocycles. The zero-order valence-corrected chi connectivity index (χ0v) is 19.8. The molecule has 0 bridgehead atoms. The van der Waals surface area contributed by atoms with Crippen LogP contribution in [-0.2, 0) is 0 Å². The minimum absolute atomic E-state index is 0.00253. The summed E-state index contributed by atoms with van der Waals surface area (Å²) in [5.74, 6) is -0.490. The summed E-state index contributed by atoms with van der Waals surface area (Å²) in [5, 5.41) is 14.5. The van der Waals surface area contributed by atoms with E-state index in [1.165, 1.54) is 13.1 Å². The highest BCUT2D eigenvalue weighted by Gasteiger charge is 2.38. The Balaban J connectivity index is 1.55. The number of piperidine rings is 1. The van der Waals surface area contributed by atoms with Crippen LogP contribution in [0, 0.1) is 0 Å². The van der Waals surface area contributed by atoms with Crippen molar-refractivity contribution in [1.29, 1.82) is 0 Å². The maximum absolute atomic E-state index is 15.2. The van der Waals surface area contributed by atoms with Crippen LogP contribution in [0.3, 0.4) is 0 Å². The lowest BCUT2D eigenvalue weighted by Crippen LogP contribution is -2.48. The molecule has 2 aromatic carbocycles. The molecule has 0 saturated carbocycles. The van der Waals surface area contributed by atoms with Crippen LogP contribution in [-0.4, -0.2) is 66.4 Å². The Morgan fingerprint density at radius 2 is 1.94 bits per heavy atom. The van der Waals surface area contributed by atoms with Crippen molar-refractivity contribution in [2.75, 3.05) is 26.7 Å². The lowest BCUT2D eigenvalue weighted by atomic mass is 9.87. The number of rotatable bonds is 6. The molecule has 3 amide bonds. The third kappa shape index (κ3) is 5.08. The van der Waals surface area contributed by atoms with Crippen LogP contribution in [0.15, 0.2) is 42.5 Å². The maximum atomic E-state index is 15.2.